The molecule has 1 N–H and O–H groups in total. The Morgan fingerprint density at radius 3 is 2.56 bits per heavy atom. The summed E-state index contributed by atoms with van der Waals surface area (Å²) in [6.07, 6.45) is 0. The number of rotatable bonds is 3. The van der Waals surface area contributed by atoms with E-state index in [1.54, 1.807) is 6.07 Å². The number of anilines is 1. The highest BCUT2D eigenvalue weighted by Crippen LogP contribution is 2.24. The first-order valence-electron chi connectivity index (χ1n) is 5.19. The van der Waals surface area contributed by atoms with E-state index in [4.69, 9.17) is 11.6 Å². The average Bonchev–Trinajstić information content (AvgIpc) is 2.32. The summed E-state index contributed by atoms with van der Waals surface area (Å²) in [5, 5.41) is 3.48. The molecule has 2 aromatic carbocycles. The Balaban J connectivity index is 2.09. The smallest absolute Gasteiger partial charge is 0.149 e. The molecule has 0 atom stereocenters. The van der Waals surface area contributed by atoms with E-state index in [2.05, 4.69) is 21.2 Å². The first kappa shape index (κ1) is 13.3. The predicted molar refractivity (Wildman–Crippen MR) is 72.8 cm³/mol. The maximum absolute atomic E-state index is 13.4. The molecule has 0 saturated carbocycles. The van der Waals surface area contributed by atoms with Gasteiger partial charge in [0.15, 0.2) is 0 Å². The minimum absolute atomic E-state index is 0.260. The van der Waals surface area contributed by atoms with Crippen LogP contribution in [0.3, 0.4) is 0 Å². The van der Waals surface area contributed by atoms with Gasteiger partial charge in [0.1, 0.15) is 11.6 Å². The molecule has 0 amide bonds. The lowest BCUT2D eigenvalue weighted by atomic mass is 10.2. The van der Waals surface area contributed by atoms with Crippen LogP contribution in [0.25, 0.3) is 0 Å². The molecule has 0 radical (unpaired) electrons. The fourth-order valence-corrected chi connectivity index (χ4v) is 1.93. The molecule has 0 fully saturated rings. The summed E-state index contributed by atoms with van der Waals surface area (Å²) >= 11 is 9.24. The normalized spacial score (nSPS) is 10.4. The van der Waals surface area contributed by atoms with Gasteiger partial charge in [-0.05, 0) is 45.8 Å². The van der Waals surface area contributed by atoms with E-state index < -0.39 is 11.6 Å². The molecule has 1 nitrogen and oxygen atoms in total. The fourth-order valence-electron chi connectivity index (χ4n) is 1.48. The van der Waals surface area contributed by atoms with E-state index in [9.17, 15) is 8.78 Å². The molecular weight excluding hydrogens is 324 g/mol. The van der Waals surface area contributed by atoms with Gasteiger partial charge < -0.3 is 5.32 Å². The summed E-state index contributed by atoms with van der Waals surface area (Å²) in [5.41, 5.74) is 1.17. The zero-order chi connectivity index (χ0) is 13.1. The SMILES string of the molecule is Fc1ccc(NCc2ccc(Br)c(Cl)c2)c(F)c1. The van der Waals surface area contributed by atoms with E-state index in [0.29, 0.717) is 11.6 Å². The highest BCUT2D eigenvalue weighted by Gasteiger charge is 2.04. The van der Waals surface area contributed by atoms with Gasteiger partial charge in [-0.3, -0.25) is 0 Å². The second-order valence-electron chi connectivity index (χ2n) is 3.73. The molecule has 2 rings (SSSR count). The first-order valence-corrected chi connectivity index (χ1v) is 6.36. The molecule has 94 valence electrons. The average molecular weight is 333 g/mol. The number of hydrogen-bond donors (Lipinski definition) is 1. The van der Waals surface area contributed by atoms with Gasteiger partial charge in [0.2, 0.25) is 0 Å². The van der Waals surface area contributed by atoms with Crippen LogP contribution in [0.2, 0.25) is 5.02 Å². The largest absolute Gasteiger partial charge is 0.379 e. The quantitative estimate of drug-likeness (QED) is 0.834. The van der Waals surface area contributed by atoms with Crippen LogP contribution in [-0.2, 0) is 6.54 Å². The summed E-state index contributed by atoms with van der Waals surface area (Å²) in [6.45, 7) is 0.412. The van der Waals surface area contributed by atoms with Gasteiger partial charge in [-0.15, -0.1) is 0 Å². The van der Waals surface area contributed by atoms with Crippen LogP contribution in [-0.4, -0.2) is 0 Å². The highest BCUT2D eigenvalue weighted by atomic mass is 79.9. The first-order chi connectivity index (χ1) is 8.56. The van der Waals surface area contributed by atoms with Crippen molar-refractivity contribution in [2.45, 2.75) is 6.54 Å². The Kier molecular flexibility index (Phi) is 4.19. The Labute approximate surface area is 117 Å². The zero-order valence-electron chi connectivity index (χ0n) is 9.18. The minimum Gasteiger partial charge on any atom is -0.379 e. The summed E-state index contributed by atoms with van der Waals surface area (Å²) in [7, 11) is 0. The molecule has 0 saturated heterocycles. The summed E-state index contributed by atoms with van der Waals surface area (Å²) in [6, 6.07) is 8.88. The molecule has 0 spiro atoms. The number of hydrogen-bond acceptors (Lipinski definition) is 1. The predicted octanol–water partition coefficient (Wildman–Crippen LogP) is 4.99. The zero-order valence-corrected chi connectivity index (χ0v) is 11.5. The Morgan fingerprint density at radius 2 is 1.89 bits per heavy atom. The summed E-state index contributed by atoms with van der Waals surface area (Å²) in [4.78, 5) is 0. The number of halogens is 4. The lowest BCUT2D eigenvalue weighted by Gasteiger charge is -2.08. The van der Waals surface area contributed by atoms with Gasteiger partial charge in [-0.25, -0.2) is 8.78 Å². The third kappa shape index (κ3) is 3.21. The standard InChI is InChI=1S/C13H9BrClF2N/c14-10-3-1-8(5-11(10)15)7-18-13-4-2-9(16)6-12(13)17/h1-6,18H,7H2. The number of nitrogens with one attached hydrogen (secondary N) is 1. The van der Waals surface area contributed by atoms with Crippen molar-refractivity contribution in [2.24, 2.45) is 0 Å². The molecule has 0 bridgehead atoms. The van der Waals surface area contributed by atoms with Gasteiger partial charge in [-0.1, -0.05) is 17.7 Å². The van der Waals surface area contributed by atoms with Crippen LogP contribution in [0, 0.1) is 11.6 Å². The van der Waals surface area contributed by atoms with Crippen LogP contribution in [0.1, 0.15) is 5.56 Å². The lowest BCUT2D eigenvalue weighted by molar-refractivity contribution is 0.585. The monoisotopic (exact) mass is 331 g/mol. The second kappa shape index (κ2) is 5.67. The molecule has 2 aromatic rings. The molecule has 0 aliphatic heterocycles. The van der Waals surface area contributed by atoms with Crippen molar-refractivity contribution in [3.63, 3.8) is 0 Å². The van der Waals surface area contributed by atoms with Crippen LogP contribution >= 0.6 is 27.5 Å². The van der Waals surface area contributed by atoms with Gasteiger partial charge in [0.05, 0.1) is 10.7 Å². The van der Waals surface area contributed by atoms with Crippen LogP contribution in [0.15, 0.2) is 40.9 Å². The molecule has 5 heteroatoms. The Hall–Kier alpha value is -1.13. The van der Waals surface area contributed by atoms with E-state index in [1.165, 1.54) is 12.1 Å². The summed E-state index contributed by atoms with van der Waals surface area (Å²) in [5.74, 6) is -1.21. The Morgan fingerprint density at radius 1 is 1.11 bits per heavy atom. The topological polar surface area (TPSA) is 12.0 Å². The molecular formula is C13H9BrClF2N. The molecule has 18 heavy (non-hydrogen) atoms. The summed E-state index contributed by atoms with van der Waals surface area (Å²) < 4.78 is 26.9. The molecule has 0 unspecified atom stereocenters. The van der Waals surface area contributed by atoms with Crippen molar-refractivity contribution in [1.82, 2.24) is 0 Å². The maximum Gasteiger partial charge on any atom is 0.149 e. The maximum atomic E-state index is 13.4. The van der Waals surface area contributed by atoms with Gasteiger partial charge in [0.25, 0.3) is 0 Å². The van der Waals surface area contributed by atoms with Crippen molar-refractivity contribution < 1.29 is 8.78 Å². The third-order valence-corrected chi connectivity index (χ3v) is 3.63. The van der Waals surface area contributed by atoms with Gasteiger partial charge in [0, 0.05) is 17.1 Å². The van der Waals surface area contributed by atoms with Gasteiger partial charge >= 0.3 is 0 Å². The molecule has 0 aromatic heterocycles. The van der Waals surface area contributed by atoms with Gasteiger partial charge in [-0.2, -0.15) is 0 Å². The second-order valence-corrected chi connectivity index (χ2v) is 4.99. The van der Waals surface area contributed by atoms with E-state index in [-0.39, 0.29) is 5.69 Å². The molecule has 0 aliphatic rings. The van der Waals surface area contributed by atoms with Crippen LogP contribution in [0.4, 0.5) is 14.5 Å². The minimum atomic E-state index is -0.613. The Bertz CT molecular complexity index is 575. The lowest BCUT2D eigenvalue weighted by Crippen LogP contribution is -2.01. The third-order valence-electron chi connectivity index (χ3n) is 2.40. The van der Waals surface area contributed by atoms with Crippen LogP contribution < -0.4 is 5.32 Å². The van der Waals surface area contributed by atoms with E-state index in [1.807, 2.05) is 12.1 Å². The molecule has 0 aliphatic carbocycles. The number of benzene rings is 2. The van der Waals surface area contributed by atoms with Crippen LogP contribution in [0.5, 0.6) is 0 Å². The van der Waals surface area contributed by atoms with Crippen molar-refractivity contribution in [3.05, 3.63) is 63.1 Å². The van der Waals surface area contributed by atoms with Crippen molar-refractivity contribution in [2.75, 3.05) is 5.32 Å². The van der Waals surface area contributed by atoms with Crippen molar-refractivity contribution >= 4 is 33.2 Å². The van der Waals surface area contributed by atoms with Crippen molar-refractivity contribution in [1.29, 1.82) is 0 Å². The highest BCUT2D eigenvalue weighted by molar-refractivity contribution is 9.10. The van der Waals surface area contributed by atoms with E-state index in [0.717, 1.165) is 16.1 Å². The van der Waals surface area contributed by atoms with E-state index >= 15 is 0 Å². The van der Waals surface area contributed by atoms with Crippen molar-refractivity contribution in [3.8, 4) is 0 Å². The fraction of sp³-hybridized carbons (Fsp3) is 0.0769. The molecule has 0 heterocycles.